The number of hydrogen-bond donors (Lipinski definition) is 1. The van der Waals surface area contributed by atoms with Crippen molar-refractivity contribution in [3.05, 3.63) is 35.4 Å². The lowest BCUT2D eigenvalue weighted by Crippen LogP contribution is -2.50. The van der Waals surface area contributed by atoms with Crippen molar-refractivity contribution < 1.29 is 9.90 Å². The zero-order chi connectivity index (χ0) is 16.2. The smallest absolute Gasteiger partial charge is 0.236 e. The molecular weight excluding hydrogens is 290 g/mol. The molecule has 1 N–H and O–H groups in total. The molecule has 0 radical (unpaired) electrons. The summed E-state index contributed by atoms with van der Waals surface area (Å²) in [6.07, 6.45) is 0.534. The highest BCUT2D eigenvalue weighted by molar-refractivity contribution is 5.78. The Morgan fingerprint density at radius 3 is 2.61 bits per heavy atom. The number of piperazine rings is 1. The van der Waals surface area contributed by atoms with Crippen LogP contribution in [0, 0.1) is 6.92 Å². The first-order chi connectivity index (χ1) is 11.1. The number of aliphatic hydroxyl groups excluding tert-OH is 1. The number of rotatable bonds is 4. The standard InChI is InChI=1S/C18H27N3O2/c1-15-3-2-4-16(11-15)12-19-7-9-21(10-8-19)18(23)14-20-6-5-17(22)13-20/h2-4,11,17,22H,5-10,12-14H2,1H3/t17-/m0/s1. The van der Waals surface area contributed by atoms with E-state index in [0.717, 1.165) is 45.7 Å². The van der Waals surface area contributed by atoms with Gasteiger partial charge in [-0.1, -0.05) is 29.8 Å². The number of carbonyl (C=O) groups excluding carboxylic acids is 1. The normalized spacial score (nSPS) is 23.4. The van der Waals surface area contributed by atoms with Gasteiger partial charge < -0.3 is 10.0 Å². The molecule has 23 heavy (non-hydrogen) atoms. The zero-order valence-corrected chi connectivity index (χ0v) is 13.9. The number of benzene rings is 1. The minimum atomic E-state index is -0.256. The van der Waals surface area contributed by atoms with Crippen molar-refractivity contribution in [1.82, 2.24) is 14.7 Å². The molecule has 2 fully saturated rings. The second-order valence-corrected chi connectivity index (χ2v) is 6.82. The van der Waals surface area contributed by atoms with E-state index in [0.29, 0.717) is 13.1 Å². The van der Waals surface area contributed by atoms with Gasteiger partial charge in [0.15, 0.2) is 0 Å². The summed E-state index contributed by atoms with van der Waals surface area (Å²) < 4.78 is 0. The molecule has 0 unspecified atom stereocenters. The monoisotopic (exact) mass is 317 g/mol. The molecule has 0 aromatic heterocycles. The Morgan fingerprint density at radius 1 is 1.17 bits per heavy atom. The van der Waals surface area contributed by atoms with Gasteiger partial charge in [-0.25, -0.2) is 0 Å². The van der Waals surface area contributed by atoms with Crippen LogP contribution < -0.4 is 0 Å². The molecule has 2 aliphatic rings. The summed E-state index contributed by atoms with van der Waals surface area (Å²) in [4.78, 5) is 18.8. The Balaban J connectivity index is 1.43. The number of likely N-dealkylation sites (tertiary alicyclic amines) is 1. The third kappa shape index (κ3) is 4.53. The Morgan fingerprint density at radius 2 is 1.96 bits per heavy atom. The summed E-state index contributed by atoms with van der Waals surface area (Å²) >= 11 is 0. The van der Waals surface area contributed by atoms with E-state index in [1.165, 1.54) is 11.1 Å². The molecule has 2 aliphatic heterocycles. The van der Waals surface area contributed by atoms with Crippen LogP contribution in [0.2, 0.25) is 0 Å². The highest BCUT2D eigenvalue weighted by atomic mass is 16.3. The average molecular weight is 317 g/mol. The van der Waals surface area contributed by atoms with Gasteiger partial charge in [-0.15, -0.1) is 0 Å². The molecule has 0 saturated carbocycles. The Bertz CT molecular complexity index is 541. The van der Waals surface area contributed by atoms with Gasteiger partial charge in [0.25, 0.3) is 0 Å². The second kappa shape index (κ2) is 7.43. The fourth-order valence-electron chi connectivity index (χ4n) is 3.47. The first-order valence-corrected chi connectivity index (χ1v) is 8.56. The molecule has 2 heterocycles. The third-order valence-electron chi connectivity index (χ3n) is 4.82. The lowest BCUT2D eigenvalue weighted by Gasteiger charge is -2.35. The van der Waals surface area contributed by atoms with Crippen LogP contribution in [0.15, 0.2) is 24.3 Å². The van der Waals surface area contributed by atoms with Crippen molar-refractivity contribution in [2.75, 3.05) is 45.8 Å². The van der Waals surface area contributed by atoms with Gasteiger partial charge in [-0.05, 0) is 18.9 Å². The maximum absolute atomic E-state index is 12.4. The van der Waals surface area contributed by atoms with Crippen LogP contribution in [-0.2, 0) is 11.3 Å². The summed E-state index contributed by atoms with van der Waals surface area (Å²) in [5.74, 6) is 0.203. The summed E-state index contributed by atoms with van der Waals surface area (Å²) in [6, 6.07) is 8.63. The molecule has 1 aromatic rings. The van der Waals surface area contributed by atoms with E-state index in [4.69, 9.17) is 0 Å². The molecule has 5 nitrogen and oxygen atoms in total. The maximum Gasteiger partial charge on any atom is 0.236 e. The Kier molecular flexibility index (Phi) is 5.30. The van der Waals surface area contributed by atoms with Crippen molar-refractivity contribution in [2.24, 2.45) is 0 Å². The van der Waals surface area contributed by atoms with E-state index in [9.17, 15) is 9.90 Å². The first-order valence-electron chi connectivity index (χ1n) is 8.56. The predicted octanol–water partition coefficient (Wildman–Crippen LogP) is 0.706. The number of β-amino-alcohol motifs (C(OH)–C–C–N with tert-alkyl or cyclic N) is 1. The molecule has 2 saturated heterocycles. The van der Waals surface area contributed by atoms with Gasteiger partial charge in [0.2, 0.25) is 5.91 Å². The van der Waals surface area contributed by atoms with Gasteiger partial charge in [0.1, 0.15) is 0 Å². The van der Waals surface area contributed by atoms with Crippen LogP contribution in [0.3, 0.4) is 0 Å². The van der Waals surface area contributed by atoms with E-state index in [1.807, 2.05) is 4.90 Å². The van der Waals surface area contributed by atoms with Gasteiger partial charge in [-0.3, -0.25) is 14.6 Å². The molecule has 3 rings (SSSR count). The fraction of sp³-hybridized carbons (Fsp3) is 0.611. The number of hydrogen-bond acceptors (Lipinski definition) is 4. The highest BCUT2D eigenvalue weighted by Gasteiger charge is 2.26. The molecule has 126 valence electrons. The van der Waals surface area contributed by atoms with Crippen molar-refractivity contribution >= 4 is 5.91 Å². The number of aryl methyl sites for hydroxylation is 1. The number of nitrogens with zero attached hydrogens (tertiary/aromatic N) is 3. The lowest BCUT2D eigenvalue weighted by atomic mass is 10.1. The lowest BCUT2D eigenvalue weighted by molar-refractivity contribution is -0.134. The quantitative estimate of drug-likeness (QED) is 0.888. The van der Waals surface area contributed by atoms with Gasteiger partial charge >= 0.3 is 0 Å². The number of carbonyl (C=O) groups is 1. The van der Waals surface area contributed by atoms with E-state index < -0.39 is 0 Å². The van der Waals surface area contributed by atoms with Crippen LogP contribution in [0.5, 0.6) is 0 Å². The van der Waals surface area contributed by atoms with E-state index in [2.05, 4.69) is 41.0 Å². The summed E-state index contributed by atoms with van der Waals surface area (Å²) in [7, 11) is 0. The van der Waals surface area contributed by atoms with Crippen LogP contribution in [0.1, 0.15) is 17.5 Å². The maximum atomic E-state index is 12.4. The average Bonchev–Trinajstić information content (AvgIpc) is 2.93. The Hall–Kier alpha value is -1.43. The molecule has 1 amide bonds. The largest absolute Gasteiger partial charge is 0.392 e. The molecule has 1 atom stereocenters. The molecule has 0 spiro atoms. The number of aliphatic hydroxyl groups is 1. The van der Waals surface area contributed by atoms with Crippen molar-refractivity contribution in [3.8, 4) is 0 Å². The third-order valence-corrected chi connectivity index (χ3v) is 4.82. The number of amides is 1. The van der Waals surface area contributed by atoms with Gasteiger partial charge in [-0.2, -0.15) is 0 Å². The van der Waals surface area contributed by atoms with Crippen LogP contribution in [0.25, 0.3) is 0 Å². The van der Waals surface area contributed by atoms with Gasteiger partial charge in [0, 0.05) is 45.8 Å². The van der Waals surface area contributed by atoms with Crippen LogP contribution in [0.4, 0.5) is 0 Å². The SMILES string of the molecule is Cc1cccc(CN2CCN(C(=O)CN3CC[C@H](O)C3)CC2)c1. The summed E-state index contributed by atoms with van der Waals surface area (Å²) in [5, 5.41) is 9.54. The van der Waals surface area contributed by atoms with E-state index in [1.54, 1.807) is 0 Å². The highest BCUT2D eigenvalue weighted by Crippen LogP contribution is 2.12. The molecule has 0 bridgehead atoms. The van der Waals surface area contributed by atoms with Crippen molar-refractivity contribution in [1.29, 1.82) is 0 Å². The van der Waals surface area contributed by atoms with Crippen molar-refractivity contribution in [2.45, 2.75) is 26.0 Å². The molecule has 1 aromatic carbocycles. The zero-order valence-electron chi connectivity index (χ0n) is 13.9. The van der Waals surface area contributed by atoms with E-state index >= 15 is 0 Å². The first kappa shape index (κ1) is 16.4. The molecule has 5 heteroatoms. The summed E-state index contributed by atoms with van der Waals surface area (Å²) in [5.41, 5.74) is 2.64. The van der Waals surface area contributed by atoms with Crippen molar-refractivity contribution in [3.63, 3.8) is 0 Å². The Labute approximate surface area is 138 Å². The predicted molar refractivity (Wildman–Crippen MR) is 90.1 cm³/mol. The molecular formula is C18H27N3O2. The summed E-state index contributed by atoms with van der Waals surface area (Å²) in [6.45, 7) is 8.48. The topological polar surface area (TPSA) is 47.0 Å². The van der Waals surface area contributed by atoms with Crippen LogP contribution >= 0.6 is 0 Å². The van der Waals surface area contributed by atoms with E-state index in [-0.39, 0.29) is 12.0 Å². The molecule has 0 aliphatic carbocycles. The van der Waals surface area contributed by atoms with Gasteiger partial charge in [0.05, 0.1) is 12.6 Å². The minimum Gasteiger partial charge on any atom is -0.392 e. The second-order valence-electron chi connectivity index (χ2n) is 6.82. The minimum absolute atomic E-state index is 0.203. The fourth-order valence-corrected chi connectivity index (χ4v) is 3.47. The van der Waals surface area contributed by atoms with Crippen LogP contribution in [-0.4, -0.2) is 77.6 Å².